The zero-order valence-electron chi connectivity index (χ0n) is 25.3. The van der Waals surface area contributed by atoms with Gasteiger partial charge in [-0.1, -0.05) is 23.7 Å². The van der Waals surface area contributed by atoms with Crippen molar-refractivity contribution in [3.05, 3.63) is 47.4 Å². The first-order valence-electron chi connectivity index (χ1n) is 16.0. The predicted molar refractivity (Wildman–Crippen MR) is 172 cm³/mol. The van der Waals surface area contributed by atoms with E-state index in [1.54, 1.807) is 42.4 Å². The number of nitrogens with one attached hydrogen (secondary N) is 1. The number of hydrogen-bond acceptors (Lipinski definition) is 8. The molecule has 2 aromatic carbocycles. The van der Waals surface area contributed by atoms with Crippen molar-refractivity contribution in [2.75, 3.05) is 43.1 Å². The Morgan fingerprint density at radius 3 is 2.96 bits per heavy atom. The molecule has 0 aliphatic carbocycles. The standard InChI is InChI=1S/C34H33ClF2N6O3/c1-41-31-29(43-15-19-6-7-24(39-19)30(43)33(41)45)22-13-38-27(21-11-20(44)10-17-4-2-5-23(35)25(17)21)26(37)28(22)40-32(31)46-16-34-8-3-9-42(34)14-18(36)12-34/h2,4-5,10-11,13,18-19,24,30,39,44H,3,6-9,12,14-16H2,1H3. The van der Waals surface area contributed by atoms with Crippen molar-refractivity contribution < 1.29 is 23.4 Å². The molecule has 2 N–H and O–H groups in total. The highest BCUT2D eigenvalue weighted by Gasteiger charge is 2.52. The van der Waals surface area contributed by atoms with E-state index in [2.05, 4.69) is 20.1 Å². The van der Waals surface area contributed by atoms with Crippen molar-refractivity contribution in [3.8, 4) is 22.9 Å². The van der Waals surface area contributed by atoms with Crippen LogP contribution >= 0.6 is 11.6 Å². The second-order valence-electron chi connectivity index (χ2n) is 13.5. The van der Waals surface area contributed by atoms with E-state index >= 15 is 4.39 Å². The third-order valence-corrected chi connectivity index (χ3v) is 11.2. The van der Waals surface area contributed by atoms with Crippen LogP contribution in [-0.2, 0) is 4.79 Å². The molecule has 5 aliphatic heterocycles. The van der Waals surface area contributed by atoms with E-state index in [4.69, 9.17) is 21.3 Å². The van der Waals surface area contributed by atoms with Crippen molar-refractivity contribution in [3.63, 3.8) is 0 Å². The lowest BCUT2D eigenvalue weighted by Crippen LogP contribution is -2.66. The molecule has 2 aromatic heterocycles. The number of likely N-dealkylation sites (N-methyl/N-ethyl adjacent to an activating group) is 1. The van der Waals surface area contributed by atoms with Crippen molar-refractivity contribution >= 4 is 50.6 Å². The van der Waals surface area contributed by atoms with E-state index in [9.17, 15) is 14.3 Å². The summed E-state index contributed by atoms with van der Waals surface area (Å²) in [4.78, 5) is 29.2. The average molecular weight is 647 g/mol. The van der Waals surface area contributed by atoms with Crippen LogP contribution in [0, 0.1) is 5.82 Å². The van der Waals surface area contributed by atoms with Crippen LogP contribution in [0.2, 0.25) is 5.02 Å². The maximum atomic E-state index is 17.0. The number of amides is 1. The molecular weight excluding hydrogens is 614 g/mol. The number of ether oxygens (including phenoxy) is 1. The summed E-state index contributed by atoms with van der Waals surface area (Å²) in [6.45, 7) is 1.94. The van der Waals surface area contributed by atoms with Gasteiger partial charge in [0.25, 0.3) is 5.91 Å². The molecule has 4 fully saturated rings. The van der Waals surface area contributed by atoms with Crippen LogP contribution in [0.5, 0.6) is 11.6 Å². The number of fused-ring (bicyclic) bond motifs is 10. The molecule has 5 aliphatic rings. The maximum absolute atomic E-state index is 17.0. The number of phenolic OH excluding ortho intramolecular Hbond substituents is 1. The molecule has 1 amide bonds. The molecule has 7 heterocycles. The minimum Gasteiger partial charge on any atom is -0.508 e. The zero-order chi connectivity index (χ0) is 31.5. The minimum absolute atomic E-state index is 0.00584. The predicted octanol–water partition coefficient (Wildman–Crippen LogP) is 5.19. The second kappa shape index (κ2) is 10.1. The van der Waals surface area contributed by atoms with Crippen LogP contribution < -0.4 is 19.9 Å². The summed E-state index contributed by atoms with van der Waals surface area (Å²) in [7, 11) is 1.71. The number of benzene rings is 2. The fraction of sp³-hybridized carbons (Fsp3) is 0.441. The van der Waals surface area contributed by atoms with Gasteiger partial charge >= 0.3 is 0 Å². The third-order valence-electron chi connectivity index (χ3n) is 10.9. The van der Waals surface area contributed by atoms with Gasteiger partial charge in [-0.2, -0.15) is 0 Å². The lowest BCUT2D eigenvalue weighted by atomic mass is 9.94. The SMILES string of the molecule is CN1C(=O)C2C3CCC(CN2c2c1c(OCC14CCCN1CC(F)C4)nc1c(F)c(-c4cc(O)cc5cccc(Cl)c45)ncc21)N3. The molecule has 5 unspecified atom stereocenters. The average Bonchev–Trinajstić information content (AvgIpc) is 3.69. The molecule has 2 bridgehead atoms. The van der Waals surface area contributed by atoms with E-state index in [0.29, 0.717) is 57.6 Å². The normalized spacial score (nSPS) is 28.7. The molecular formula is C34H33ClF2N6O3. The Balaban J connectivity index is 1.26. The largest absolute Gasteiger partial charge is 0.508 e. The number of piperazine rings is 1. The molecule has 5 atom stereocenters. The Bertz CT molecular complexity index is 1960. The molecule has 238 valence electrons. The summed E-state index contributed by atoms with van der Waals surface area (Å²) in [5.41, 5.74) is 1.06. The van der Waals surface area contributed by atoms with Gasteiger partial charge in [-0.05, 0) is 55.8 Å². The fourth-order valence-corrected chi connectivity index (χ4v) is 9.17. The van der Waals surface area contributed by atoms with Gasteiger partial charge in [0, 0.05) is 66.2 Å². The first kappa shape index (κ1) is 28.4. The number of aromatic nitrogens is 2. The van der Waals surface area contributed by atoms with Crippen LogP contribution in [0.3, 0.4) is 0 Å². The molecule has 4 saturated heterocycles. The van der Waals surface area contributed by atoms with Crippen LogP contribution in [0.1, 0.15) is 32.1 Å². The van der Waals surface area contributed by atoms with Gasteiger partial charge in [0.2, 0.25) is 5.88 Å². The topological polar surface area (TPSA) is 94.1 Å². The Kier molecular flexibility index (Phi) is 6.24. The van der Waals surface area contributed by atoms with Gasteiger partial charge in [0.1, 0.15) is 41.5 Å². The minimum atomic E-state index is -0.932. The van der Waals surface area contributed by atoms with Gasteiger partial charge in [-0.25, -0.2) is 13.8 Å². The number of carbonyl (C=O) groups is 1. The molecule has 0 radical (unpaired) electrons. The summed E-state index contributed by atoms with van der Waals surface area (Å²) < 4.78 is 38.2. The first-order valence-corrected chi connectivity index (χ1v) is 16.4. The van der Waals surface area contributed by atoms with Crippen LogP contribution in [-0.4, -0.2) is 89.0 Å². The molecule has 4 aromatic rings. The monoisotopic (exact) mass is 646 g/mol. The van der Waals surface area contributed by atoms with E-state index < -0.39 is 23.6 Å². The summed E-state index contributed by atoms with van der Waals surface area (Å²) in [5, 5.41) is 16.2. The Morgan fingerprint density at radius 2 is 2.09 bits per heavy atom. The van der Waals surface area contributed by atoms with Gasteiger partial charge in [0.05, 0.1) is 11.2 Å². The highest BCUT2D eigenvalue weighted by Crippen LogP contribution is 2.50. The third kappa shape index (κ3) is 4.00. The number of nitrogens with zero attached hydrogens (tertiary/aromatic N) is 5. The highest BCUT2D eigenvalue weighted by molar-refractivity contribution is 6.36. The molecule has 12 heteroatoms. The first-order chi connectivity index (χ1) is 22.2. The van der Waals surface area contributed by atoms with Gasteiger partial charge in [-0.15, -0.1) is 0 Å². The number of halogens is 3. The van der Waals surface area contributed by atoms with E-state index in [1.807, 2.05) is 0 Å². The van der Waals surface area contributed by atoms with E-state index in [1.165, 1.54) is 6.07 Å². The van der Waals surface area contributed by atoms with E-state index in [0.717, 1.165) is 32.2 Å². The van der Waals surface area contributed by atoms with Crippen molar-refractivity contribution in [2.45, 2.75) is 61.9 Å². The highest BCUT2D eigenvalue weighted by atomic mass is 35.5. The number of rotatable bonds is 4. The number of pyridine rings is 2. The molecule has 9 nitrogen and oxygen atoms in total. The number of alkyl halides is 1. The number of anilines is 2. The lowest BCUT2D eigenvalue weighted by Gasteiger charge is -2.48. The maximum Gasteiger partial charge on any atom is 0.251 e. The molecule has 0 saturated carbocycles. The molecule has 0 spiro atoms. The molecule has 9 rings (SSSR count). The van der Waals surface area contributed by atoms with Gasteiger partial charge in [-0.3, -0.25) is 14.7 Å². The Morgan fingerprint density at radius 1 is 1.22 bits per heavy atom. The Hall–Kier alpha value is -3.80. The van der Waals surface area contributed by atoms with Crippen molar-refractivity contribution in [2.24, 2.45) is 0 Å². The van der Waals surface area contributed by atoms with Crippen molar-refractivity contribution in [1.82, 2.24) is 20.2 Å². The van der Waals surface area contributed by atoms with Crippen molar-refractivity contribution in [1.29, 1.82) is 0 Å². The van der Waals surface area contributed by atoms with Crippen LogP contribution in [0.4, 0.5) is 20.2 Å². The van der Waals surface area contributed by atoms with Gasteiger partial charge < -0.3 is 25.0 Å². The fourth-order valence-electron chi connectivity index (χ4n) is 8.88. The van der Waals surface area contributed by atoms with E-state index in [-0.39, 0.29) is 47.4 Å². The van der Waals surface area contributed by atoms with Crippen LogP contribution in [0.25, 0.3) is 32.9 Å². The number of aromatic hydroxyl groups is 1. The van der Waals surface area contributed by atoms with Crippen LogP contribution in [0.15, 0.2) is 36.5 Å². The summed E-state index contributed by atoms with van der Waals surface area (Å²) in [6.07, 6.45) is 4.61. The number of hydrogen-bond donors (Lipinski definition) is 2. The summed E-state index contributed by atoms with van der Waals surface area (Å²) in [5.74, 6) is -0.666. The number of carbonyl (C=O) groups excluding carboxylic acids is 1. The zero-order valence-corrected chi connectivity index (χ0v) is 26.0. The smallest absolute Gasteiger partial charge is 0.251 e. The molecule has 46 heavy (non-hydrogen) atoms. The summed E-state index contributed by atoms with van der Waals surface area (Å²) >= 11 is 6.60. The summed E-state index contributed by atoms with van der Waals surface area (Å²) in [6, 6.07) is 8.02. The second-order valence-corrected chi connectivity index (χ2v) is 13.9. The van der Waals surface area contributed by atoms with Gasteiger partial charge in [0.15, 0.2) is 5.82 Å². The lowest BCUT2D eigenvalue weighted by molar-refractivity contribution is -0.120. The Labute approximate surface area is 269 Å². The number of phenols is 1. The quantitative estimate of drug-likeness (QED) is 0.313.